The highest BCUT2D eigenvalue weighted by Crippen LogP contribution is 2.05. The number of hydrogen-bond acceptors (Lipinski definition) is 4. The van der Waals surface area contributed by atoms with Crippen molar-refractivity contribution in [3.05, 3.63) is 18.6 Å². The van der Waals surface area contributed by atoms with Gasteiger partial charge in [0.05, 0.1) is 6.20 Å². The maximum atomic E-state index is 11.6. The van der Waals surface area contributed by atoms with Crippen molar-refractivity contribution < 1.29 is 14.7 Å². The van der Waals surface area contributed by atoms with Gasteiger partial charge in [-0.2, -0.15) is 0 Å². The third-order valence-electron chi connectivity index (χ3n) is 2.12. The Labute approximate surface area is 105 Å². The second-order valence-corrected chi connectivity index (χ2v) is 4.21. The summed E-state index contributed by atoms with van der Waals surface area (Å²) in [6.07, 6.45) is 4.64. The van der Waals surface area contributed by atoms with E-state index in [9.17, 15) is 9.59 Å². The molecule has 1 unspecified atom stereocenters. The molecule has 3 N–H and O–H groups in total. The zero-order valence-corrected chi connectivity index (χ0v) is 10.3. The van der Waals surface area contributed by atoms with Crippen LogP contribution in [0, 0.1) is 5.92 Å². The molecule has 7 heteroatoms. The molecule has 1 heterocycles. The molecule has 1 aromatic heterocycles. The molecular formula is C11H16N4O3. The van der Waals surface area contributed by atoms with Crippen molar-refractivity contribution in [2.75, 3.05) is 5.32 Å². The van der Waals surface area contributed by atoms with Gasteiger partial charge in [-0.05, 0) is 12.3 Å². The Bertz CT molecular complexity index is 408. The fourth-order valence-electron chi connectivity index (χ4n) is 1.37. The van der Waals surface area contributed by atoms with Crippen molar-refractivity contribution in [1.82, 2.24) is 15.3 Å². The van der Waals surface area contributed by atoms with Crippen LogP contribution in [0.1, 0.15) is 20.3 Å². The van der Waals surface area contributed by atoms with E-state index in [2.05, 4.69) is 20.6 Å². The Morgan fingerprint density at radius 1 is 1.39 bits per heavy atom. The molecule has 1 atom stereocenters. The Balaban J connectivity index is 2.54. The van der Waals surface area contributed by atoms with E-state index in [1.165, 1.54) is 18.6 Å². The first-order valence-electron chi connectivity index (χ1n) is 5.55. The lowest BCUT2D eigenvalue weighted by Gasteiger charge is -2.16. The Morgan fingerprint density at radius 2 is 2.11 bits per heavy atom. The number of hydrogen-bond donors (Lipinski definition) is 3. The van der Waals surface area contributed by atoms with Crippen molar-refractivity contribution in [2.24, 2.45) is 5.92 Å². The number of rotatable bonds is 5. The number of urea groups is 1. The zero-order chi connectivity index (χ0) is 13.5. The number of aliphatic carboxylic acids is 1. The number of nitrogens with zero attached hydrogens (tertiary/aromatic N) is 2. The molecular weight excluding hydrogens is 236 g/mol. The van der Waals surface area contributed by atoms with Gasteiger partial charge in [-0.1, -0.05) is 13.8 Å². The maximum Gasteiger partial charge on any atom is 0.326 e. The summed E-state index contributed by atoms with van der Waals surface area (Å²) in [4.78, 5) is 30.1. The topological polar surface area (TPSA) is 104 Å². The molecule has 0 aliphatic heterocycles. The van der Waals surface area contributed by atoms with Crippen LogP contribution in [0.4, 0.5) is 10.6 Å². The highest BCUT2D eigenvalue weighted by atomic mass is 16.4. The van der Waals surface area contributed by atoms with Crippen LogP contribution in [0.15, 0.2) is 18.6 Å². The van der Waals surface area contributed by atoms with E-state index in [0.29, 0.717) is 6.42 Å². The van der Waals surface area contributed by atoms with Crippen LogP contribution < -0.4 is 10.6 Å². The molecule has 18 heavy (non-hydrogen) atoms. The summed E-state index contributed by atoms with van der Waals surface area (Å²) in [5, 5.41) is 13.8. The molecule has 0 bridgehead atoms. The third-order valence-corrected chi connectivity index (χ3v) is 2.12. The fourth-order valence-corrected chi connectivity index (χ4v) is 1.37. The van der Waals surface area contributed by atoms with Crippen molar-refractivity contribution in [2.45, 2.75) is 26.3 Å². The lowest BCUT2D eigenvalue weighted by molar-refractivity contribution is -0.139. The van der Waals surface area contributed by atoms with Gasteiger partial charge < -0.3 is 10.4 Å². The first kappa shape index (κ1) is 13.9. The SMILES string of the molecule is CC(C)CC(NC(=O)Nc1cnccn1)C(=O)O. The summed E-state index contributed by atoms with van der Waals surface area (Å²) in [5.74, 6) is -0.621. The van der Waals surface area contributed by atoms with Gasteiger partial charge >= 0.3 is 12.0 Å². The van der Waals surface area contributed by atoms with Crippen LogP contribution in [0.2, 0.25) is 0 Å². The molecule has 7 nitrogen and oxygen atoms in total. The lowest BCUT2D eigenvalue weighted by Crippen LogP contribution is -2.43. The standard InChI is InChI=1S/C11H16N4O3/c1-7(2)5-8(10(16)17)14-11(18)15-9-6-12-3-4-13-9/h3-4,6-8H,5H2,1-2H3,(H,16,17)(H2,13,14,15,18). The van der Waals surface area contributed by atoms with Gasteiger partial charge in [-0.3, -0.25) is 10.3 Å². The van der Waals surface area contributed by atoms with E-state index in [1.54, 1.807) is 0 Å². The highest BCUT2D eigenvalue weighted by molar-refractivity contribution is 5.91. The van der Waals surface area contributed by atoms with Crippen LogP contribution in [-0.4, -0.2) is 33.1 Å². The number of nitrogens with one attached hydrogen (secondary N) is 2. The van der Waals surface area contributed by atoms with Crippen LogP contribution in [-0.2, 0) is 4.79 Å². The number of aromatic nitrogens is 2. The largest absolute Gasteiger partial charge is 0.480 e. The predicted octanol–water partition coefficient (Wildman–Crippen LogP) is 1.10. The molecule has 1 aromatic rings. The summed E-state index contributed by atoms with van der Waals surface area (Å²) in [5.41, 5.74) is 0. The third kappa shape index (κ3) is 4.77. The summed E-state index contributed by atoms with van der Waals surface area (Å²) >= 11 is 0. The molecule has 0 aromatic carbocycles. The van der Waals surface area contributed by atoms with Gasteiger partial charge in [0.1, 0.15) is 6.04 Å². The average molecular weight is 252 g/mol. The molecule has 0 aliphatic carbocycles. The Hall–Kier alpha value is -2.18. The van der Waals surface area contributed by atoms with Crippen molar-refractivity contribution in [3.8, 4) is 0 Å². The fraction of sp³-hybridized carbons (Fsp3) is 0.455. The predicted molar refractivity (Wildman–Crippen MR) is 65.1 cm³/mol. The minimum absolute atomic E-state index is 0.169. The molecule has 2 amide bonds. The van der Waals surface area contributed by atoms with Crippen LogP contribution in [0.5, 0.6) is 0 Å². The normalized spacial score (nSPS) is 11.9. The minimum atomic E-state index is -1.06. The van der Waals surface area contributed by atoms with Gasteiger partial charge in [0.15, 0.2) is 5.82 Å². The number of amides is 2. The first-order chi connectivity index (χ1) is 8.49. The average Bonchev–Trinajstić information content (AvgIpc) is 2.28. The van der Waals surface area contributed by atoms with E-state index in [1.807, 2.05) is 13.8 Å². The van der Waals surface area contributed by atoms with Gasteiger partial charge in [0.2, 0.25) is 0 Å². The highest BCUT2D eigenvalue weighted by Gasteiger charge is 2.21. The van der Waals surface area contributed by atoms with Gasteiger partial charge in [-0.15, -0.1) is 0 Å². The Morgan fingerprint density at radius 3 is 2.61 bits per heavy atom. The van der Waals surface area contributed by atoms with Crippen LogP contribution in [0.3, 0.4) is 0 Å². The Kier molecular flexibility index (Phi) is 5.04. The summed E-state index contributed by atoms with van der Waals surface area (Å²) in [7, 11) is 0. The van der Waals surface area contributed by atoms with Crippen LogP contribution in [0.25, 0.3) is 0 Å². The molecule has 0 radical (unpaired) electrons. The first-order valence-corrected chi connectivity index (χ1v) is 5.55. The molecule has 98 valence electrons. The van der Waals surface area contributed by atoms with Gasteiger partial charge in [0.25, 0.3) is 0 Å². The molecule has 0 spiro atoms. The van der Waals surface area contributed by atoms with E-state index >= 15 is 0 Å². The van der Waals surface area contributed by atoms with Crippen molar-refractivity contribution >= 4 is 17.8 Å². The number of carbonyl (C=O) groups excluding carboxylic acids is 1. The number of anilines is 1. The van der Waals surface area contributed by atoms with E-state index < -0.39 is 18.0 Å². The number of carboxylic acid groups (broad SMARTS) is 1. The zero-order valence-electron chi connectivity index (χ0n) is 10.3. The van der Waals surface area contributed by atoms with Crippen LogP contribution >= 0.6 is 0 Å². The lowest BCUT2D eigenvalue weighted by atomic mass is 10.0. The molecule has 0 aliphatic rings. The van der Waals surface area contributed by atoms with E-state index in [-0.39, 0.29) is 11.7 Å². The van der Waals surface area contributed by atoms with E-state index in [0.717, 1.165) is 0 Å². The quantitative estimate of drug-likeness (QED) is 0.727. The molecule has 1 rings (SSSR count). The maximum absolute atomic E-state index is 11.6. The van der Waals surface area contributed by atoms with E-state index in [4.69, 9.17) is 5.11 Å². The van der Waals surface area contributed by atoms with Crippen molar-refractivity contribution in [3.63, 3.8) is 0 Å². The summed E-state index contributed by atoms with van der Waals surface area (Å²) in [6.45, 7) is 3.77. The second-order valence-electron chi connectivity index (χ2n) is 4.21. The second kappa shape index (κ2) is 6.53. The van der Waals surface area contributed by atoms with Crippen molar-refractivity contribution in [1.29, 1.82) is 0 Å². The van der Waals surface area contributed by atoms with Gasteiger partial charge in [-0.25, -0.2) is 14.6 Å². The molecule has 0 saturated carbocycles. The summed E-state index contributed by atoms with van der Waals surface area (Å²) in [6, 6.07) is -1.52. The number of carbonyl (C=O) groups is 2. The molecule has 0 fully saturated rings. The smallest absolute Gasteiger partial charge is 0.326 e. The van der Waals surface area contributed by atoms with Gasteiger partial charge in [0, 0.05) is 12.4 Å². The molecule has 0 saturated heterocycles. The monoisotopic (exact) mass is 252 g/mol. The number of carboxylic acids is 1. The minimum Gasteiger partial charge on any atom is -0.480 e. The summed E-state index contributed by atoms with van der Waals surface area (Å²) < 4.78 is 0.